The Balaban J connectivity index is 2.00. The molecule has 0 radical (unpaired) electrons. The number of nitrogens with zero attached hydrogens (tertiary/aromatic N) is 1. The molecule has 3 rings (SSSR count). The van der Waals surface area contributed by atoms with E-state index in [1.165, 1.54) is 0 Å². The number of anilines is 1. The number of benzene rings is 3. The van der Waals surface area contributed by atoms with E-state index in [1.54, 1.807) is 11.8 Å². The van der Waals surface area contributed by atoms with Crippen LogP contribution < -0.4 is 22.4 Å². The number of hydrogen-bond donors (Lipinski definition) is 4. The van der Waals surface area contributed by atoms with Gasteiger partial charge in [-0.2, -0.15) is 0 Å². The fourth-order valence-corrected chi connectivity index (χ4v) is 4.49. The van der Waals surface area contributed by atoms with Gasteiger partial charge in [0, 0.05) is 15.2 Å². The number of aryl methyl sites for hydroxylation is 1. The molecule has 0 heterocycles. The van der Waals surface area contributed by atoms with Crippen LogP contribution in [-0.4, -0.2) is 16.5 Å². The number of hydrogen-bond acceptors (Lipinski definition) is 5. The Kier molecular flexibility index (Phi) is 7.79. The van der Waals surface area contributed by atoms with E-state index in [2.05, 4.69) is 36.7 Å². The van der Waals surface area contributed by atoms with E-state index in [1.807, 2.05) is 73.7 Å². The zero-order chi connectivity index (χ0) is 24.0. The number of carbonyl (C=O) groups excluding carboxylic acids is 1. The van der Waals surface area contributed by atoms with Gasteiger partial charge in [-0.15, -0.1) is 16.9 Å². The van der Waals surface area contributed by atoms with E-state index in [-0.39, 0.29) is 16.5 Å². The first-order chi connectivity index (χ1) is 15.7. The second-order valence-corrected chi connectivity index (χ2v) is 10.6. The van der Waals surface area contributed by atoms with Crippen molar-refractivity contribution in [2.45, 2.75) is 43.8 Å². The lowest BCUT2D eigenvalue weighted by atomic mass is 9.98. The molecule has 3 aromatic rings. The third-order valence-electron chi connectivity index (χ3n) is 4.98. The van der Waals surface area contributed by atoms with Crippen molar-refractivity contribution in [2.24, 2.45) is 16.7 Å². The lowest BCUT2D eigenvalue weighted by Gasteiger charge is -2.21. The molecule has 0 aliphatic carbocycles. The van der Waals surface area contributed by atoms with E-state index in [0.717, 1.165) is 38.4 Å². The van der Waals surface area contributed by atoms with E-state index >= 15 is 0 Å². The molecule has 0 bridgehead atoms. The van der Waals surface area contributed by atoms with Crippen LogP contribution >= 0.6 is 11.8 Å². The fraction of sp³-hybridized carbons (Fsp3) is 0.231. The maximum absolute atomic E-state index is 13.0. The molecule has 0 saturated carbocycles. The van der Waals surface area contributed by atoms with Gasteiger partial charge < -0.3 is 11.1 Å². The summed E-state index contributed by atoms with van der Waals surface area (Å²) in [7, 11) is 0. The predicted octanol–water partition coefficient (Wildman–Crippen LogP) is 4.82. The Labute approximate surface area is 199 Å². The smallest absolute Gasteiger partial charge is 0.228 e. The van der Waals surface area contributed by atoms with Gasteiger partial charge in [-0.25, -0.2) is 11.4 Å². The Bertz CT molecular complexity index is 1170. The number of thioether (sulfide) groups is 1. The van der Waals surface area contributed by atoms with Gasteiger partial charge >= 0.3 is 0 Å². The van der Waals surface area contributed by atoms with Crippen molar-refractivity contribution in [1.82, 2.24) is 5.53 Å². The second kappa shape index (κ2) is 10.6. The molecule has 0 aliphatic heterocycles. The number of nitrogens with one attached hydrogen (secondary N) is 2. The number of rotatable bonds is 7. The molecule has 7 heteroatoms. The lowest BCUT2D eigenvalue weighted by Crippen LogP contribution is -2.23. The summed E-state index contributed by atoms with van der Waals surface area (Å²) in [6, 6.07) is 21.7. The summed E-state index contributed by atoms with van der Waals surface area (Å²) < 4.78 is -0.0151. The number of nitrogens with two attached hydrogens (primary N) is 2. The summed E-state index contributed by atoms with van der Waals surface area (Å²) in [6.45, 7) is 8.47. The molecule has 0 unspecified atom stereocenters. The van der Waals surface area contributed by atoms with Crippen LogP contribution in [0, 0.1) is 6.92 Å². The summed E-state index contributed by atoms with van der Waals surface area (Å²) in [5, 5.41) is 7.06. The highest BCUT2D eigenvalue weighted by molar-refractivity contribution is 8.00. The van der Waals surface area contributed by atoms with E-state index < -0.39 is 0 Å². The third kappa shape index (κ3) is 6.60. The molecule has 6 N–H and O–H groups in total. The van der Waals surface area contributed by atoms with Gasteiger partial charge in [0.1, 0.15) is 0 Å². The highest BCUT2D eigenvalue weighted by Gasteiger charge is 2.18. The number of hydrazone groups is 1. The lowest BCUT2D eigenvalue weighted by molar-refractivity contribution is -0.115. The molecule has 0 spiro atoms. The zero-order valence-corrected chi connectivity index (χ0v) is 20.3. The molecule has 1 amide bonds. The first-order valence-electron chi connectivity index (χ1n) is 10.7. The first-order valence-corrected chi connectivity index (χ1v) is 11.6. The molecule has 0 fully saturated rings. The van der Waals surface area contributed by atoms with Crippen LogP contribution in [0.1, 0.15) is 37.5 Å². The van der Waals surface area contributed by atoms with Crippen LogP contribution in [0.4, 0.5) is 5.69 Å². The van der Waals surface area contributed by atoms with Gasteiger partial charge in [0.2, 0.25) is 5.91 Å². The summed E-state index contributed by atoms with van der Waals surface area (Å²) in [4.78, 5) is 14.0. The van der Waals surface area contributed by atoms with Crippen LogP contribution in [0.15, 0.2) is 76.7 Å². The largest absolute Gasteiger partial charge is 0.382 e. The molecular formula is C26H31N5OS. The van der Waals surface area contributed by atoms with Gasteiger partial charge in [0.05, 0.1) is 12.1 Å². The van der Waals surface area contributed by atoms with Crippen molar-refractivity contribution in [3.63, 3.8) is 0 Å². The summed E-state index contributed by atoms with van der Waals surface area (Å²) in [6.07, 6.45) is 0.314. The van der Waals surface area contributed by atoms with Crippen LogP contribution in [-0.2, 0) is 11.2 Å². The Hall–Kier alpha value is -3.29. The standard InChI is InChI=1S/C26H31N5OS/c1-17-9-5-6-10-18(17)16-24(32)29-22-15-19(13-14-23(22)33-26(2,3)4)20-11-7-8-12-21(20)25(27)30-31-28/h5-15,31H,16,28H2,1-4H3,(H2,27,30)(H,29,32). The number of amidine groups is 1. The average molecular weight is 462 g/mol. The SMILES string of the molecule is Cc1ccccc1CC(=O)Nc1cc(-c2ccccc2/C(N)=N/NN)ccc1SC(C)(C)C. The zero-order valence-electron chi connectivity index (χ0n) is 19.5. The van der Waals surface area contributed by atoms with Crippen molar-refractivity contribution >= 4 is 29.2 Å². The average Bonchev–Trinajstić information content (AvgIpc) is 2.76. The van der Waals surface area contributed by atoms with Crippen molar-refractivity contribution in [1.29, 1.82) is 0 Å². The van der Waals surface area contributed by atoms with Crippen molar-refractivity contribution < 1.29 is 4.79 Å². The second-order valence-electron chi connectivity index (χ2n) is 8.75. The minimum Gasteiger partial charge on any atom is -0.382 e. The predicted molar refractivity (Wildman–Crippen MR) is 139 cm³/mol. The quantitative estimate of drug-likeness (QED) is 0.133. The fourth-order valence-electron chi connectivity index (χ4n) is 3.48. The Morgan fingerprint density at radius 3 is 2.42 bits per heavy atom. The Morgan fingerprint density at radius 2 is 1.73 bits per heavy atom. The number of amides is 1. The minimum absolute atomic E-state index is 0.0151. The maximum Gasteiger partial charge on any atom is 0.228 e. The highest BCUT2D eigenvalue weighted by atomic mass is 32.2. The van der Waals surface area contributed by atoms with Gasteiger partial charge in [-0.1, -0.05) is 75.4 Å². The third-order valence-corrected chi connectivity index (χ3v) is 6.17. The Morgan fingerprint density at radius 1 is 1.03 bits per heavy atom. The van der Waals surface area contributed by atoms with Gasteiger partial charge in [-0.3, -0.25) is 4.79 Å². The normalized spacial score (nSPS) is 11.8. The van der Waals surface area contributed by atoms with Crippen LogP contribution in [0.25, 0.3) is 11.1 Å². The number of hydrazine groups is 1. The molecule has 3 aromatic carbocycles. The summed E-state index contributed by atoms with van der Waals surface area (Å²) in [5.74, 6) is 5.55. The summed E-state index contributed by atoms with van der Waals surface area (Å²) >= 11 is 1.71. The first kappa shape index (κ1) is 24.4. The number of carbonyl (C=O) groups is 1. The van der Waals surface area contributed by atoms with Crippen molar-refractivity contribution in [3.05, 3.63) is 83.4 Å². The van der Waals surface area contributed by atoms with E-state index in [9.17, 15) is 4.79 Å². The molecule has 6 nitrogen and oxygen atoms in total. The van der Waals surface area contributed by atoms with Crippen LogP contribution in [0.5, 0.6) is 0 Å². The molecule has 0 saturated heterocycles. The molecule has 172 valence electrons. The van der Waals surface area contributed by atoms with Gasteiger partial charge in [0.15, 0.2) is 5.84 Å². The molecule has 33 heavy (non-hydrogen) atoms. The maximum atomic E-state index is 13.0. The van der Waals surface area contributed by atoms with Crippen LogP contribution in [0.3, 0.4) is 0 Å². The topological polar surface area (TPSA) is 106 Å². The highest BCUT2D eigenvalue weighted by Crippen LogP contribution is 2.39. The van der Waals surface area contributed by atoms with Crippen molar-refractivity contribution in [2.75, 3.05) is 5.32 Å². The molecule has 0 aromatic heterocycles. The van der Waals surface area contributed by atoms with E-state index in [4.69, 9.17) is 11.6 Å². The van der Waals surface area contributed by atoms with Crippen molar-refractivity contribution in [3.8, 4) is 11.1 Å². The molecule has 0 aliphatic rings. The molecule has 0 atom stereocenters. The molecular weight excluding hydrogens is 430 g/mol. The summed E-state index contributed by atoms with van der Waals surface area (Å²) in [5.41, 5.74) is 13.8. The van der Waals surface area contributed by atoms with E-state index in [0.29, 0.717) is 6.42 Å². The monoisotopic (exact) mass is 461 g/mol. The van der Waals surface area contributed by atoms with Gasteiger partial charge in [-0.05, 0) is 41.3 Å². The van der Waals surface area contributed by atoms with Crippen LogP contribution in [0.2, 0.25) is 0 Å². The van der Waals surface area contributed by atoms with Gasteiger partial charge in [0.25, 0.3) is 0 Å². The minimum atomic E-state index is -0.0566.